The molecule has 84 valence electrons. The van der Waals surface area contributed by atoms with Crippen molar-refractivity contribution in [2.24, 2.45) is 7.05 Å². The Bertz CT molecular complexity index is 523. The molecule has 1 aromatic carbocycles. The molecule has 2 rings (SSSR count). The van der Waals surface area contributed by atoms with Crippen molar-refractivity contribution in [3.05, 3.63) is 46.0 Å². The lowest BCUT2D eigenvalue weighted by molar-refractivity contribution is 0.469. The monoisotopic (exact) mass is 256 g/mol. The fourth-order valence-corrected chi connectivity index (χ4v) is 1.80. The summed E-state index contributed by atoms with van der Waals surface area (Å²) in [6, 6.07) is 3.42. The van der Waals surface area contributed by atoms with Crippen molar-refractivity contribution >= 4 is 23.2 Å². The highest BCUT2D eigenvalue weighted by Crippen LogP contribution is 2.34. The van der Waals surface area contributed by atoms with E-state index < -0.39 is 0 Å². The Hall–Kier alpha value is -1.19. The predicted molar refractivity (Wildman–Crippen MR) is 64.1 cm³/mol. The molecule has 0 aliphatic carbocycles. The molecule has 1 aromatic heterocycles. The predicted octanol–water partition coefficient (Wildman–Crippen LogP) is 3.02. The summed E-state index contributed by atoms with van der Waals surface area (Å²) in [6.07, 6.45) is 4.08. The largest absolute Gasteiger partial charge is 0.506 e. The summed E-state index contributed by atoms with van der Waals surface area (Å²) in [5, 5.41) is 10.4. The topological polar surface area (TPSA) is 38.0 Å². The third-order valence-electron chi connectivity index (χ3n) is 2.42. The highest BCUT2D eigenvalue weighted by atomic mass is 35.5. The first-order valence-electron chi connectivity index (χ1n) is 4.71. The van der Waals surface area contributed by atoms with Gasteiger partial charge in [0.25, 0.3) is 0 Å². The van der Waals surface area contributed by atoms with Gasteiger partial charge in [-0.25, -0.2) is 4.98 Å². The molecular formula is C11H10Cl2N2O. The highest BCUT2D eigenvalue weighted by molar-refractivity contribution is 6.43. The van der Waals surface area contributed by atoms with Crippen molar-refractivity contribution in [3.8, 4) is 5.75 Å². The number of aryl methyl sites for hydroxylation is 1. The van der Waals surface area contributed by atoms with E-state index in [0.29, 0.717) is 17.0 Å². The summed E-state index contributed by atoms with van der Waals surface area (Å²) in [5.41, 5.74) is 0.712. The van der Waals surface area contributed by atoms with Gasteiger partial charge in [0.05, 0.1) is 5.02 Å². The van der Waals surface area contributed by atoms with E-state index in [4.69, 9.17) is 23.2 Å². The van der Waals surface area contributed by atoms with Crippen molar-refractivity contribution in [2.45, 2.75) is 6.42 Å². The van der Waals surface area contributed by atoms with E-state index in [1.807, 2.05) is 17.8 Å². The van der Waals surface area contributed by atoms with Crippen LogP contribution in [0.15, 0.2) is 24.5 Å². The number of aromatic hydroxyl groups is 1. The molecular weight excluding hydrogens is 247 g/mol. The first-order valence-corrected chi connectivity index (χ1v) is 5.47. The number of benzene rings is 1. The van der Waals surface area contributed by atoms with E-state index in [2.05, 4.69) is 4.98 Å². The lowest BCUT2D eigenvalue weighted by Crippen LogP contribution is -1.98. The summed E-state index contributed by atoms with van der Waals surface area (Å²) >= 11 is 11.6. The third kappa shape index (κ3) is 2.01. The van der Waals surface area contributed by atoms with Crippen molar-refractivity contribution in [1.82, 2.24) is 9.55 Å². The maximum absolute atomic E-state index is 9.81. The van der Waals surface area contributed by atoms with E-state index in [0.717, 1.165) is 5.82 Å². The molecule has 5 heteroatoms. The lowest BCUT2D eigenvalue weighted by atomic mass is 10.1. The van der Waals surface area contributed by atoms with E-state index in [-0.39, 0.29) is 10.8 Å². The molecule has 0 bridgehead atoms. The Balaban J connectivity index is 2.36. The molecule has 0 saturated carbocycles. The minimum Gasteiger partial charge on any atom is -0.506 e. The molecule has 16 heavy (non-hydrogen) atoms. The second-order valence-electron chi connectivity index (χ2n) is 3.50. The zero-order valence-corrected chi connectivity index (χ0v) is 10.1. The SMILES string of the molecule is Cn1ccnc1Cc1ccc(Cl)c(Cl)c1O. The number of phenols is 1. The van der Waals surface area contributed by atoms with Crippen LogP contribution in [0.25, 0.3) is 0 Å². The van der Waals surface area contributed by atoms with Crippen LogP contribution in [-0.4, -0.2) is 14.7 Å². The number of phenolic OH excluding ortho intramolecular Hbond substituents is 1. The molecule has 0 radical (unpaired) electrons. The molecule has 0 spiro atoms. The molecule has 2 aromatic rings. The van der Waals surface area contributed by atoms with E-state index >= 15 is 0 Å². The van der Waals surface area contributed by atoms with E-state index in [1.165, 1.54) is 0 Å². The quantitative estimate of drug-likeness (QED) is 0.897. The maximum atomic E-state index is 9.81. The molecule has 0 aliphatic rings. The second kappa shape index (κ2) is 4.36. The maximum Gasteiger partial charge on any atom is 0.139 e. The van der Waals surface area contributed by atoms with Crippen LogP contribution in [0.2, 0.25) is 10.0 Å². The number of hydrogen-bond donors (Lipinski definition) is 1. The van der Waals surface area contributed by atoms with Gasteiger partial charge in [0, 0.05) is 31.4 Å². The van der Waals surface area contributed by atoms with E-state index in [1.54, 1.807) is 18.3 Å². The first kappa shape index (κ1) is 11.3. The van der Waals surface area contributed by atoms with Gasteiger partial charge in [-0.1, -0.05) is 29.3 Å². The number of aromatic nitrogens is 2. The molecule has 0 fully saturated rings. The molecule has 1 N–H and O–H groups in total. The number of rotatable bonds is 2. The smallest absolute Gasteiger partial charge is 0.139 e. The summed E-state index contributed by atoms with van der Waals surface area (Å²) < 4.78 is 1.89. The molecule has 1 heterocycles. The minimum atomic E-state index is 0.0252. The normalized spacial score (nSPS) is 10.7. The van der Waals surface area contributed by atoms with Crippen LogP contribution in [0.1, 0.15) is 11.4 Å². The fourth-order valence-electron chi connectivity index (χ4n) is 1.46. The third-order valence-corrected chi connectivity index (χ3v) is 3.22. The Labute approximate surface area is 103 Å². The summed E-state index contributed by atoms with van der Waals surface area (Å²) in [6.45, 7) is 0. The zero-order chi connectivity index (χ0) is 11.7. The fraction of sp³-hybridized carbons (Fsp3) is 0.182. The average molecular weight is 257 g/mol. The number of nitrogens with zero attached hydrogens (tertiary/aromatic N) is 2. The second-order valence-corrected chi connectivity index (χ2v) is 4.29. The Morgan fingerprint density at radius 2 is 2.12 bits per heavy atom. The van der Waals surface area contributed by atoms with Gasteiger partial charge >= 0.3 is 0 Å². The Morgan fingerprint density at radius 3 is 2.75 bits per heavy atom. The average Bonchev–Trinajstić information content (AvgIpc) is 2.65. The van der Waals surface area contributed by atoms with Crippen molar-refractivity contribution < 1.29 is 5.11 Å². The molecule has 3 nitrogen and oxygen atoms in total. The number of hydrogen-bond acceptors (Lipinski definition) is 2. The summed E-state index contributed by atoms with van der Waals surface area (Å²) in [5.74, 6) is 0.880. The number of imidazole rings is 1. The van der Waals surface area contributed by atoms with Crippen LogP contribution in [0, 0.1) is 0 Å². The number of halogens is 2. The van der Waals surface area contributed by atoms with Crippen LogP contribution >= 0.6 is 23.2 Å². The van der Waals surface area contributed by atoms with Crippen LogP contribution in [0.3, 0.4) is 0 Å². The zero-order valence-electron chi connectivity index (χ0n) is 8.61. The minimum absolute atomic E-state index is 0.0252. The van der Waals surface area contributed by atoms with Crippen LogP contribution < -0.4 is 0 Å². The molecule has 0 unspecified atom stereocenters. The van der Waals surface area contributed by atoms with Crippen molar-refractivity contribution in [2.75, 3.05) is 0 Å². The molecule has 0 amide bonds. The van der Waals surface area contributed by atoms with Crippen molar-refractivity contribution in [3.63, 3.8) is 0 Å². The van der Waals surface area contributed by atoms with Crippen LogP contribution in [0.4, 0.5) is 0 Å². The van der Waals surface area contributed by atoms with Gasteiger partial charge < -0.3 is 9.67 Å². The molecule has 0 aliphatic heterocycles. The standard InChI is InChI=1S/C11H10Cl2N2O/c1-15-5-4-14-9(15)6-7-2-3-8(12)10(13)11(7)16/h2-5,16H,6H2,1H3. The van der Waals surface area contributed by atoms with Crippen LogP contribution in [0.5, 0.6) is 5.75 Å². The van der Waals surface area contributed by atoms with Crippen molar-refractivity contribution in [1.29, 1.82) is 0 Å². The van der Waals surface area contributed by atoms with Gasteiger partial charge in [-0.05, 0) is 6.07 Å². The summed E-state index contributed by atoms with van der Waals surface area (Å²) in [7, 11) is 1.90. The van der Waals surface area contributed by atoms with Gasteiger partial charge in [-0.15, -0.1) is 0 Å². The first-order chi connectivity index (χ1) is 7.59. The molecule has 0 atom stereocenters. The van der Waals surface area contributed by atoms with Gasteiger partial charge in [0.15, 0.2) is 0 Å². The Morgan fingerprint density at radius 1 is 1.38 bits per heavy atom. The highest BCUT2D eigenvalue weighted by Gasteiger charge is 2.11. The lowest BCUT2D eigenvalue weighted by Gasteiger charge is -2.07. The van der Waals surface area contributed by atoms with Gasteiger partial charge in [0.2, 0.25) is 0 Å². The summed E-state index contributed by atoms with van der Waals surface area (Å²) in [4.78, 5) is 4.18. The van der Waals surface area contributed by atoms with E-state index in [9.17, 15) is 5.11 Å². The van der Waals surface area contributed by atoms with Crippen LogP contribution in [-0.2, 0) is 13.5 Å². The Kier molecular flexibility index (Phi) is 3.08. The van der Waals surface area contributed by atoms with Gasteiger partial charge in [-0.2, -0.15) is 0 Å². The molecule has 0 saturated heterocycles. The van der Waals surface area contributed by atoms with Gasteiger partial charge in [-0.3, -0.25) is 0 Å². The van der Waals surface area contributed by atoms with Gasteiger partial charge in [0.1, 0.15) is 16.6 Å².